The average molecular weight is 289 g/mol. The van der Waals surface area contributed by atoms with Crippen molar-refractivity contribution in [1.29, 1.82) is 0 Å². The van der Waals surface area contributed by atoms with Gasteiger partial charge in [-0.15, -0.1) is 0 Å². The number of hydrogen-bond donors (Lipinski definition) is 0. The van der Waals surface area contributed by atoms with Gasteiger partial charge in [0.2, 0.25) is 0 Å². The molecule has 1 aromatic rings. The normalized spacial score (nSPS) is 12.0. The molecule has 3 nitrogen and oxygen atoms in total. The molecule has 0 saturated carbocycles. The van der Waals surface area contributed by atoms with E-state index in [0.29, 0.717) is 13.2 Å². The van der Waals surface area contributed by atoms with Crippen LogP contribution in [0.5, 0.6) is 0 Å². The fourth-order valence-corrected chi connectivity index (χ4v) is 2.24. The van der Waals surface area contributed by atoms with Gasteiger partial charge in [0.1, 0.15) is 0 Å². The summed E-state index contributed by atoms with van der Waals surface area (Å²) in [5, 5.41) is 0. The Morgan fingerprint density at radius 2 is 1.95 bits per heavy atom. The molecule has 0 bridgehead atoms. The van der Waals surface area contributed by atoms with Crippen LogP contribution in [0.25, 0.3) is 0 Å². The average Bonchev–Trinajstić information content (AvgIpc) is 2.46. The summed E-state index contributed by atoms with van der Waals surface area (Å²) in [5.41, 5.74) is 2.53. The van der Waals surface area contributed by atoms with E-state index in [1.165, 1.54) is 11.1 Å². The van der Waals surface area contributed by atoms with Crippen molar-refractivity contribution in [3.8, 4) is 0 Å². The van der Waals surface area contributed by atoms with Gasteiger partial charge in [0.15, 0.2) is 0 Å². The van der Waals surface area contributed by atoms with E-state index in [2.05, 4.69) is 43.9 Å². The summed E-state index contributed by atoms with van der Waals surface area (Å²) < 4.78 is 5.09. The van der Waals surface area contributed by atoms with E-state index >= 15 is 0 Å². The van der Waals surface area contributed by atoms with Crippen molar-refractivity contribution in [1.82, 2.24) is 4.90 Å². The van der Waals surface area contributed by atoms with Crippen molar-refractivity contribution in [3.63, 3.8) is 0 Å². The Kier molecular flexibility index (Phi) is 7.76. The molecular weight excluding hydrogens is 262 g/mol. The van der Waals surface area contributed by atoms with Crippen LogP contribution in [0.3, 0.4) is 0 Å². The largest absolute Gasteiger partial charge is 0.465 e. The van der Waals surface area contributed by atoms with Crippen molar-refractivity contribution in [2.75, 3.05) is 19.7 Å². The van der Waals surface area contributed by atoms with Crippen LogP contribution in [-0.4, -0.2) is 30.6 Å². The molecule has 0 unspecified atom stereocenters. The molecule has 0 aliphatic heterocycles. The number of rotatable bonds is 8. The van der Waals surface area contributed by atoms with E-state index in [4.69, 9.17) is 4.74 Å². The molecule has 0 radical (unpaired) electrons. The van der Waals surface area contributed by atoms with E-state index in [0.717, 1.165) is 13.0 Å². The monoisotopic (exact) mass is 289 g/mol. The maximum absolute atomic E-state index is 11.8. The topological polar surface area (TPSA) is 29.5 Å². The van der Waals surface area contributed by atoms with E-state index in [1.54, 1.807) is 0 Å². The van der Waals surface area contributed by atoms with Gasteiger partial charge in [-0.3, -0.25) is 9.69 Å². The van der Waals surface area contributed by atoms with Gasteiger partial charge in [0.05, 0.1) is 13.2 Å². The van der Waals surface area contributed by atoms with E-state index < -0.39 is 0 Å². The fraction of sp³-hybridized carbons (Fsp3) is 0.500. The highest BCUT2D eigenvalue weighted by Crippen LogP contribution is 2.20. The zero-order valence-corrected chi connectivity index (χ0v) is 13.6. The molecule has 0 amide bonds. The Labute approximate surface area is 128 Å². The van der Waals surface area contributed by atoms with Gasteiger partial charge < -0.3 is 4.74 Å². The van der Waals surface area contributed by atoms with Crippen LogP contribution in [0.2, 0.25) is 0 Å². The highest BCUT2D eigenvalue weighted by Gasteiger charge is 2.18. The van der Waals surface area contributed by atoms with E-state index in [9.17, 15) is 4.79 Å². The molecule has 0 heterocycles. The number of esters is 1. The summed E-state index contributed by atoms with van der Waals surface area (Å²) >= 11 is 0. The minimum atomic E-state index is -0.155. The van der Waals surface area contributed by atoms with Crippen molar-refractivity contribution in [3.05, 3.63) is 47.5 Å². The SMILES string of the molecule is CCOC(=O)CN(CCC=C(C)C)[C@@H](C)c1ccccc1. The Hall–Kier alpha value is -1.61. The number of nitrogens with zero attached hydrogens (tertiary/aromatic N) is 1. The van der Waals surface area contributed by atoms with Gasteiger partial charge >= 0.3 is 5.97 Å². The molecule has 0 spiro atoms. The minimum absolute atomic E-state index is 0.155. The molecule has 0 aliphatic carbocycles. The third-order valence-corrected chi connectivity index (χ3v) is 3.44. The molecular formula is C18H27NO2. The third kappa shape index (κ3) is 6.58. The molecule has 1 rings (SSSR count). The van der Waals surface area contributed by atoms with Crippen LogP contribution < -0.4 is 0 Å². The second kappa shape index (κ2) is 9.35. The number of carbonyl (C=O) groups excluding carboxylic acids is 1. The zero-order chi connectivity index (χ0) is 15.7. The highest BCUT2D eigenvalue weighted by molar-refractivity contribution is 5.71. The molecule has 1 atom stereocenters. The lowest BCUT2D eigenvalue weighted by Crippen LogP contribution is -2.34. The summed E-state index contributed by atoms with van der Waals surface area (Å²) in [5.74, 6) is -0.155. The third-order valence-electron chi connectivity index (χ3n) is 3.44. The van der Waals surface area contributed by atoms with Crippen molar-refractivity contribution in [2.24, 2.45) is 0 Å². The summed E-state index contributed by atoms with van der Waals surface area (Å²) in [7, 11) is 0. The van der Waals surface area contributed by atoms with Crippen LogP contribution >= 0.6 is 0 Å². The number of allylic oxidation sites excluding steroid dienone is 1. The van der Waals surface area contributed by atoms with E-state index in [-0.39, 0.29) is 12.0 Å². The first-order valence-electron chi connectivity index (χ1n) is 7.62. The zero-order valence-electron chi connectivity index (χ0n) is 13.6. The van der Waals surface area contributed by atoms with Crippen molar-refractivity contribution in [2.45, 2.75) is 40.2 Å². The molecule has 21 heavy (non-hydrogen) atoms. The maximum Gasteiger partial charge on any atom is 0.320 e. The van der Waals surface area contributed by atoms with E-state index in [1.807, 2.05) is 25.1 Å². The number of benzene rings is 1. The second-order valence-corrected chi connectivity index (χ2v) is 5.43. The Bertz CT molecular complexity index is 450. The first-order valence-corrected chi connectivity index (χ1v) is 7.62. The Morgan fingerprint density at radius 3 is 2.52 bits per heavy atom. The fourth-order valence-electron chi connectivity index (χ4n) is 2.24. The molecule has 0 aliphatic rings. The standard InChI is InChI=1S/C18H27NO2/c1-5-21-18(20)14-19(13-9-10-15(2)3)16(4)17-11-7-6-8-12-17/h6-8,10-12,16H,5,9,13-14H2,1-4H3/t16-/m0/s1. The number of ether oxygens (including phenoxy) is 1. The molecule has 0 N–H and O–H groups in total. The molecule has 3 heteroatoms. The Balaban J connectivity index is 2.74. The lowest BCUT2D eigenvalue weighted by atomic mass is 10.1. The second-order valence-electron chi connectivity index (χ2n) is 5.43. The Morgan fingerprint density at radius 1 is 1.29 bits per heavy atom. The minimum Gasteiger partial charge on any atom is -0.465 e. The quantitative estimate of drug-likeness (QED) is 0.536. The molecule has 0 saturated heterocycles. The van der Waals surface area contributed by atoms with Gasteiger partial charge in [0.25, 0.3) is 0 Å². The van der Waals surface area contributed by atoms with Crippen LogP contribution in [0.4, 0.5) is 0 Å². The lowest BCUT2D eigenvalue weighted by molar-refractivity contribution is -0.145. The smallest absolute Gasteiger partial charge is 0.320 e. The number of hydrogen-bond acceptors (Lipinski definition) is 3. The predicted molar refractivity (Wildman–Crippen MR) is 87.1 cm³/mol. The van der Waals surface area contributed by atoms with Crippen molar-refractivity contribution >= 4 is 5.97 Å². The molecule has 116 valence electrons. The maximum atomic E-state index is 11.8. The number of carbonyl (C=O) groups is 1. The van der Waals surface area contributed by atoms with Crippen LogP contribution in [-0.2, 0) is 9.53 Å². The first-order chi connectivity index (χ1) is 10.0. The highest BCUT2D eigenvalue weighted by atomic mass is 16.5. The van der Waals surface area contributed by atoms with Gasteiger partial charge in [-0.25, -0.2) is 0 Å². The van der Waals surface area contributed by atoms with Gasteiger partial charge in [-0.1, -0.05) is 42.0 Å². The summed E-state index contributed by atoms with van der Waals surface area (Å²) in [6.07, 6.45) is 3.15. The summed E-state index contributed by atoms with van der Waals surface area (Å²) in [6.45, 7) is 9.77. The molecule has 1 aromatic carbocycles. The predicted octanol–water partition coefficient (Wildman–Crippen LogP) is 3.97. The first kappa shape index (κ1) is 17.4. The summed E-state index contributed by atoms with van der Waals surface area (Å²) in [6, 6.07) is 10.5. The van der Waals surface area contributed by atoms with Crippen LogP contribution in [0, 0.1) is 0 Å². The lowest BCUT2D eigenvalue weighted by Gasteiger charge is -2.28. The van der Waals surface area contributed by atoms with Crippen LogP contribution in [0.1, 0.15) is 45.7 Å². The van der Waals surface area contributed by atoms with Gasteiger partial charge in [-0.05, 0) is 39.7 Å². The van der Waals surface area contributed by atoms with Gasteiger partial charge in [-0.2, -0.15) is 0 Å². The van der Waals surface area contributed by atoms with Crippen LogP contribution in [0.15, 0.2) is 42.0 Å². The molecule has 0 fully saturated rings. The van der Waals surface area contributed by atoms with Crippen molar-refractivity contribution < 1.29 is 9.53 Å². The summed E-state index contributed by atoms with van der Waals surface area (Å²) in [4.78, 5) is 14.0. The van der Waals surface area contributed by atoms with Gasteiger partial charge in [0, 0.05) is 12.6 Å². The molecule has 0 aromatic heterocycles.